The lowest BCUT2D eigenvalue weighted by atomic mass is 9.89. The molecule has 0 fully saturated rings. The molecular weight excluding hydrogens is 192 g/mol. The Kier molecular flexibility index (Phi) is 4.00. The van der Waals surface area contributed by atoms with Crippen LogP contribution in [0.4, 0.5) is 0 Å². The van der Waals surface area contributed by atoms with E-state index >= 15 is 0 Å². The SMILES string of the molecule is CC(C)(C)CCCc1ccc(Cl)cc1. The van der Waals surface area contributed by atoms with Crippen LogP contribution in [0.5, 0.6) is 0 Å². The lowest BCUT2D eigenvalue weighted by Crippen LogP contribution is -2.04. The first-order valence-corrected chi connectivity index (χ1v) is 5.60. The fourth-order valence-corrected chi connectivity index (χ4v) is 1.60. The van der Waals surface area contributed by atoms with E-state index in [1.165, 1.54) is 18.4 Å². The zero-order valence-electron chi connectivity index (χ0n) is 9.31. The normalized spacial score (nSPS) is 11.7. The molecule has 0 aliphatic carbocycles. The Hall–Kier alpha value is -0.490. The second-order valence-corrected chi connectivity index (χ2v) is 5.48. The molecule has 0 amide bonds. The second-order valence-electron chi connectivity index (χ2n) is 5.04. The largest absolute Gasteiger partial charge is 0.0843 e. The average molecular weight is 211 g/mol. The van der Waals surface area contributed by atoms with Gasteiger partial charge in [0.1, 0.15) is 0 Å². The van der Waals surface area contributed by atoms with Crippen LogP contribution in [-0.4, -0.2) is 0 Å². The van der Waals surface area contributed by atoms with Crippen LogP contribution in [0.25, 0.3) is 0 Å². The number of halogens is 1. The summed E-state index contributed by atoms with van der Waals surface area (Å²) in [6.07, 6.45) is 3.69. The van der Waals surface area contributed by atoms with Gasteiger partial charge in [-0.15, -0.1) is 0 Å². The highest BCUT2D eigenvalue weighted by molar-refractivity contribution is 6.30. The summed E-state index contributed by atoms with van der Waals surface area (Å²) in [5.74, 6) is 0. The molecule has 0 bridgehead atoms. The summed E-state index contributed by atoms with van der Waals surface area (Å²) in [7, 11) is 0. The minimum Gasteiger partial charge on any atom is -0.0843 e. The highest BCUT2D eigenvalue weighted by Gasteiger charge is 2.08. The van der Waals surface area contributed by atoms with Crippen LogP contribution >= 0.6 is 11.6 Å². The highest BCUT2D eigenvalue weighted by Crippen LogP contribution is 2.22. The van der Waals surface area contributed by atoms with Crippen molar-refractivity contribution < 1.29 is 0 Å². The van der Waals surface area contributed by atoms with Crippen LogP contribution in [0.2, 0.25) is 5.02 Å². The Morgan fingerprint density at radius 3 is 2.14 bits per heavy atom. The van der Waals surface area contributed by atoms with E-state index in [1.54, 1.807) is 0 Å². The third-order valence-electron chi connectivity index (χ3n) is 2.31. The molecule has 0 aliphatic rings. The summed E-state index contributed by atoms with van der Waals surface area (Å²) < 4.78 is 0. The van der Waals surface area contributed by atoms with Crippen molar-refractivity contribution in [3.8, 4) is 0 Å². The summed E-state index contributed by atoms with van der Waals surface area (Å²) >= 11 is 5.82. The lowest BCUT2D eigenvalue weighted by Gasteiger charge is -2.17. The molecule has 14 heavy (non-hydrogen) atoms. The molecule has 0 radical (unpaired) electrons. The van der Waals surface area contributed by atoms with E-state index in [0.717, 1.165) is 11.4 Å². The molecule has 0 atom stereocenters. The summed E-state index contributed by atoms with van der Waals surface area (Å²) in [4.78, 5) is 0. The summed E-state index contributed by atoms with van der Waals surface area (Å²) in [6.45, 7) is 6.86. The predicted octanol–water partition coefficient (Wildman–Crippen LogP) is 4.71. The van der Waals surface area contributed by atoms with Crippen molar-refractivity contribution >= 4 is 11.6 Å². The van der Waals surface area contributed by atoms with Gasteiger partial charge < -0.3 is 0 Å². The molecule has 0 unspecified atom stereocenters. The number of hydrogen-bond donors (Lipinski definition) is 0. The van der Waals surface area contributed by atoms with Gasteiger partial charge in [-0.25, -0.2) is 0 Å². The second kappa shape index (κ2) is 4.84. The van der Waals surface area contributed by atoms with E-state index < -0.39 is 0 Å². The minimum absolute atomic E-state index is 0.451. The Morgan fingerprint density at radius 2 is 1.64 bits per heavy atom. The van der Waals surface area contributed by atoms with Gasteiger partial charge in [0.25, 0.3) is 0 Å². The number of hydrogen-bond acceptors (Lipinski definition) is 0. The molecule has 0 heterocycles. The van der Waals surface area contributed by atoms with Crippen LogP contribution in [-0.2, 0) is 6.42 Å². The van der Waals surface area contributed by atoms with Gasteiger partial charge >= 0.3 is 0 Å². The zero-order chi connectivity index (χ0) is 10.6. The average Bonchev–Trinajstić information content (AvgIpc) is 2.06. The lowest BCUT2D eigenvalue weighted by molar-refractivity contribution is 0.365. The van der Waals surface area contributed by atoms with Gasteiger partial charge in [-0.1, -0.05) is 44.5 Å². The Balaban J connectivity index is 2.35. The third kappa shape index (κ3) is 4.66. The maximum Gasteiger partial charge on any atom is 0.0406 e. The topological polar surface area (TPSA) is 0 Å². The first-order valence-electron chi connectivity index (χ1n) is 5.22. The zero-order valence-corrected chi connectivity index (χ0v) is 10.1. The minimum atomic E-state index is 0.451. The summed E-state index contributed by atoms with van der Waals surface area (Å²) in [5.41, 5.74) is 1.84. The van der Waals surface area contributed by atoms with E-state index in [2.05, 4.69) is 32.9 Å². The summed E-state index contributed by atoms with van der Waals surface area (Å²) in [5, 5.41) is 0.824. The van der Waals surface area contributed by atoms with Crippen LogP contribution in [0.3, 0.4) is 0 Å². The molecule has 0 nitrogen and oxygen atoms in total. The van der Waals surface area contributed by atoms with E-state index in [1.807, 2.05) is 12.1 Å². The molecule has 0 saturated heterocycles. The van der Waals surface area contributed by atoms with Gasteiger partial charge in [-0.05, 0) is 42.4 Å². The third-order valence-corrected chi connectivity index (χ3v) is 2.56. The molecule has 0 aromatic heterocycles. The first-order chi connectivity index (χ1) is 6.47. The fraction of sp³-hybridized carbons (Fsp3) is 0.538. The molecule has 0 N–H and O–H groups in total. The number of aryl methyl sites for hydroxylation is 1. The van der Waals surface area contributed by atoms with Crippen molar-refractivity contribution in [1.29, 1.82) is 0 Å². The van der Waals surface area contributed by atoms with E-state index in [0.29, 0.717) is 5.41 Å². The van der Waals surface area contributed by atoms with Crippen molar-refractivity contribution in [2.75, 3.05) is 0 Å². The molecule has 78 valence electrons. The van der Waals surface area contributed by atoms with Crippen LogP contribution in [0.1, 0.15) is 39.2 Å². The maximum absolute atomic E-state index is 5.82. The van der Waals surface area contributed by atoms with Crippen molar-refractivity contribution in [2.24, 2.45) is 5.41 Å². The fourth-order valence-electron chi connectivity index (χ4n) is 1.47. The monoisotopic (exact) mass is 210 g/mol. The van der Waals surface area contributed by atoms with Crippen LogP contribution in [0.15, 0.2) is 24.3 Å². The molecular formula is C13H19Cl. The van der Waals surface area contributed by atoms with Crippen molar-refractivity contribution in [2.45, 2.75) is 40.0 Å². The van der Waals surface area contributed by atoms with Gasteiger partial charge in [0.2, 0.25) is 0 Å². The Morgan fingerprint density at radius 1 is 1.07 bits per heavy atom. The predicted molar refractivity (Wildman–Crippen MR) is 63.8 cm³/mol. The van der Waals surface area contributed by atoms with Crippen molar-refractivity contribution in [1.82, 2.24) is 0 Å². The maximum atomic E-state index is 5.82. The first kappa shape index (κ1) is 11.6. The number of rotatable bonds is 3. The molecule has 1 aromatic carbocycles. The van der Waals surface area contributed by atoms with Gasteiger partial charge in [0.05, 0.1) is 0 Å². The summed E-state index contributed by atoms with van der Waals surface area (Å²) in [6, 6.07) is 8.16. The van der Waals surface area contributed by atoms with E-state index in [4.69, 9.17) is 11.6 Å². The van der Waals surface area contributed by atoms with Crippen molar-refractivity contribution in [3.05, 3.63) is 34.9 Å². The van der Waals surface area contributed by atoms with E-state index in [9.17, 15) is 0 Å². The Bertz CT molecular complexity index is 266. The van der Waals surface area contributed by atoms with Gasteiger partial charge in [0.15, 0.2) is 0 Å². The smallest absolute Gasteiger partial charge is 0.0406 e. The molecule has 0 spiro atoms. The molecule has 1 heteroatoms. The van der Waals surface area contributed by atoms with Crippen LogP contribution in [0, 0.1) is 5.41 Å². The molecule has 1 aromatic rings. The molecule has 1 rings (SSSR count). The van der Waals surface area contributed by atoms with Gasteiger partial charge in [-0.2, -0.15) is 0 Å². The Labute approximate surface area is 92.3 Å². The standard InChI is InChI=1S/C13H19Cl/c1-13(2,3)10-4-5-11-6-8-12(14)9-7-11/h6-9H,4-5,10H2,1-3H3. The highest BCUT2D eigenvalue weighted by atomic mass is 35.5. The van der Waals surface area contributed by atoms with Crippen LogP contribution < -0.4 is 0 Å². The molecule has 0 aliphatic heterocycles. The van der Waals surface area contributed by atoms with E-state index in [-0.39, 0.29) is 0 Å². The molecule has 0 saturated carbocycles. The quantitative estimate of drug-likeness (QED) is 0.678. The van der Waals surface area contributed by atoms with Gasteiger partial charge in [0, 0.05) is 5.02 Å². The van der Waals surface area contributed by atoms with Gasteiger partial charge in [-0.3, -0.25) is 0 Å². The van der Waals surface area contributed by atoms with Crippen molar-refractivity contribution in [3.63, 3.8) is 0 Å². The number of benzene rings is 1.